The maximum atomic E-state index is 3.67. The Hall–Kier alpha value is -0.160. The minimum Gasteiger partial charge on any atom is -0.306 e. The number of nitrogens with one attached hydrogen (secondary N) is 1. The Morgan fingerprint density at radius 3 is 2.53 bits per heavy atom. The highest BCUT2D eigenvalue weighted by atomic mass is 79.9. The molecular weight excluding hydrogens is 386 g/mol. The first kappa shape index (κ1) is 15.2. The van der Waals surface area contributed by atoms with Crippen LogP contribution >= 0.6 is 43.2 Å². The SMILES string of the molecule is CCNC(c1cc(C)c(C)s1)c1cc(Br)ccc1Br. The van der Waals surface area contributed by atoms with E-state index in [4.69, 9.17) is 0 Å². The lowest BCUT2D eigenvalue weighted by molar-refractivity contribution is 0.637. The first-order valence-corrected chi connectivity index (χ1v) is 8.68. The van der Waals surface area contributed by atoms with Crippen LogP contribution in [0.5, 0.6) is 0 Å². The van der Waals surface area contributed by atoms with Gasteiger partial charge in [-0.25, -0.2) is 0 Å². The fourth-order valence-electron chi connectivity index (χ4n) is 2.05. The molecule has 2 aromatic rings. The summed E-state index contributed by atoms with van der Waals surface area (Å²) < 4.78 is 2.25. The Kier molecular flexibility index (Phi) is 5.23. The molecule has 0 aliphatic carbocycles. The molecule has 1 aromatic heterocycles. The lowest BCUT2D eigenvalue weighted by Gasteiger charge is -2.19. The molecule has 0 saturated heterocycles. The molecule has 0 aliphatic heterocycles. The Balaban J connectivity index is 2.47. The number of hydrogen-bond donors (Lipinski definition) is 1. The zero-order valence-corrected chi connectivity index (χ0v) is 15.2. The maximum absolute atomic E-state index is 3.67. The molecule has 1 N–H and O–H groups in total. The fourth-order valence-corrected chi connectivity index (χ4v) is 4.04. The lowest BCUT2D eigenvalue weighted by atomic mass is 10.0. The molecule has 0 amide bonds. The van der Waals surface area contributed by atoms with Crippen LogP contribution in [0.4, 0.5) is 0 Å². The van der Waals surface area contributed by atoms with Gasteiger partial charge in [0.1, 0.15) is 0 Å². The number of rotatable bonds is 4. The molecule has 102 valence electrons. The highest BCUT2D eigenvalue weighted by molar-refractivity contribution is 9.11. The van der Waals surface area contributed by atoms with Crippen molar-refractivity contribution in [2.24, 2.45) is 0 Å². The summed E-state index contributed by atoms with van der Waals surface area (Å²) in [6.07, 6.45) is 0. The Bertz CT molecular complexity index is 558. The fraction of sp³-hybridized carbons (Fsp3) is 0.333. The predicted octanol–water partition coefficient (Wildman–Crippen LogP) is 5.59. The number of hydrogen-bond acceptors (Lipinski definition) is 2. The topological polar surface area (TPSA) is 12.0 Å². The van der Waals surface area contributed by atoms with Crippen molar-refractivity contribution in [2.45, 2.75) is 26.8 Å². The molecule has 1 nitrogen and oxygen atoms in total. The van der Waals surface area contributed by atoms with Crippen LogP contribution in [-0.2, 0) is 0 Å². The molecule has 0 aliphatic rings. The van der Waals surface area contributed by atoms with Gasteiger partial charge >= 0.3 is 0 Å². The minimum atomic E-state index is 0.245. The van der Waals surface area contributed by atoms with Gasteiger partial charge in [-0.15, -0.1) is 11.3 Å². The van der Waals surface area contributed by atoms with Crippen LogP contribution in [0.15, 0.2) is 33.2 Å². The molecule has 1 heterocycles. The van der Waals surface area contributed by atoms with Gasteiger partial charge in [0.05, 0.1) is 6.04 Å². The molecule has 0 fully saturated rings. The standard InChI is InChI=1S/C15H17Br2NS/c1-4-18-15(14-7-9(2)10(3)19-14)12-8-11(16)5-6-13(12)17/h5-8,15,18H,4H2,1-3H3. The summed E-state index contributed by atoms with van der Waals surface area (Å²) in [7, 11) is 0. The van der Waals surface area contributed by atoms with Gasteiger partial charge in [-0.3, -0.25) is 0 Å². The predicted molar refractivity (Wildman–Crippen MR) is 91.2 cm³/mol. The average molecular weight is 403 g/mol. The highest BCUT2D eigenvalue weighted by Gasteiger charge is 2.18. The molecule has 1 unspecified atom stereocenters. The van der Waals surface area contributed by atoms with Crippen molar-refractivity contribution < 1.29 is 0 Å². The van der Waals surface area contributed by atoms with Crippen LogP contribution in [0, 0.1) is 13.8 Å². The van der Waals surface area contributed by atoms with E-state index < -0.39 is 0 Å². The summed E-state index contributed by atoms with van der Waals surface area (Å²) in [5.41, 5.74) is 2.64. The van der Waals surface area contributed by atoms with Crippen molar-refractivity contribution in [3.05, 3.63) is 54.1 Å². The summed E-state index contributed by atoms with van der Waals surface area (Å²) in [6.45, 7) is 7.45. The van der Waals surface area contributed by atoms with E-state index in [9.17, 15) is 0 Å². The number of thiophene rings is 1. The van der Waals surface area contributed by atoms with Crippen LogP contribution < -0.4 is 5.32 Å². The van der Waals surface area contributed by atoms with E-state index >= 15 is 0 Å². The Morgan fingerprint density at radius 1 is 1.21 bits per heavy atom. The van der Waals surface area contributed by atoms with Gasteiger partial charge in [-0.2, -0.15) is 0 Å². The van der Waals surface area contributed by atoms with Crippen molar-refractivity contribution >= 4 is 43.2 Å². The number of aryl methyl sites for hydroxylation is 2. The summed E-state index contributed by atoms with van der Waals surface area (Å²) >= 11 is 9.10. The summed E-state index contributed by atoms with van der Waals surface area (Å²) in [6, 6.07) is 8.87. The van der Waals surface area contributed by atoms with Crippen LogP contribution in [-0.4, -0.2) is 6.54 Å². The third-order valence-electron chi connectivity index (χ3n) is 3.15. The van der Waals surface area contributed by atoms with E-state index in [1.807, 2.05) is 11.3 Å². The van der Waals surface area contributed by atoms with Gasteiger partial charge in [0.15, 0.2) is 0 Å². The van der Waals surface area contributed by atoms with E-state index in [-0.39, 0.29) is 6.04 Å². The highest BCUT2D eigenvalue weighted by Crippen LogP contribution is 2.35. The molecule has 19 heavy (non-hydrogen) atoms. The monoisotopic (exact) mass is 401 g/mol. The number of halogens is 2. The third-order valence-corrected chi connectivity index (χ3v) is 5.58. The maximum Gasteiger partial charge on any atom is 0.0682 e. The zero-order chi connectivity index (χ0) is 14.0. The second-order valence-electron chi connectivity index (χ2n) is 4.54. The van der Waals surface area contributed by atoms with E-state index in [1.54, 1.807) is 0 Å². The van der Waals surface area contributed by atoms with Gasteiger partial charge < -0.3 is 5.32 Å². The van der Waals surface area contributed by atoms with E-state index in [2.05, 4.69) is 82.2 Å². The number of benzene rings is 1. The van der Waals surface area contributed by atoms with Crippen LogP contribution in [0.2, 0.25) is 0 Å². The van der Waals surface area contributed by atoms with Crippen LogP contribution in [0.25, 0.3) is 0 Å². The van der Waals surface area contributed by atoms with Crippen molar-refractivity contribution in [2.75, 3.05) is 6.54 Å². The molecule has 2 rings (SSSR count). The normalized spacial score (nSPS) is 12.7. The lowest BCUT2D eigenvalue weighted by Crippen LogP contribution is -2.21. The molecule has 0 spiro atoms. The van der Waals surface area contributed by atoms with Crippen molar-refractivity contribution in [1.82, 2.24) is 5.32 Å². The third kappa shape index (κ3) is 3.48. The van der Waals surface area contributed by atoms with Crippen molar-refractivity contribution in [1.29, 1.82) is 0 Å². The largest absolute Gasteiger partial charge is 0.306 e. The van der Waals surface area contributed by atoms with E-state index in [0.717, 1.165) is 15.5 Å². The van der Waals surface area contributed by atoms with E-state index in [0.29, 0.717) is 0 Å². The minimum absolute atomic E-state index is 0.245. The molecule has 0 bridgehead atoms. The van der Waals surface area contributed by atoms with Gasteiger partial charge in [0.2, 0.25) is 0 Å². The Morgan fingerprint density at radius 2 is 1.95 bits per heavy atom. The first-order chi connectivity index (χ1) is 9.02. The van der Waals surface area contributed by atoms with Crippen molar-refractivity contribution in [3.8, 4) is 0 Å². The van der Waals surface area contributed by atoms with Crippen molar-refractivity contribution in [3.63, 3.8) is 0 Å². The van der Waals surface area contributed by atoms with E-state index in [1.165, 1.54) is 20.9 Å². The van der Waals surface area contributed by atoms with Gasteiger partial charge in [-0.1, -0.05) is 38.8 Å². The molecular formula is C15H17Br2NS. The molecule has 0 saturated carbocycles. The zero-order valence-electron chi connectivity index (χ0n) is 11.3. The quantitative estimate of drug-likeness (QED) is 0.702. The average Bonchev–Trinajstić information content (AvgIpc) is 2.70. The van der Waals surface area contributed by atoms with Crippen LogP contribution in [0.3, 0.4) is 0 Å². The van der Waals surface area contributed by atoms with Gasteiger partial charge in [-0.05, 0) is 55.8 Å². The second kappa shape index (κ2) is 6.53. The van der Waals surface area contributed by atoms with Gasteiger partial charge in [0, 0.05) is 18.7 Å². The molecule has 1 atom stereocenters. The Labute approximate surface area is 135 Å². The molecule has 1 aromatic carbocycles. The first-order valence-electron chi connectivity index (χ1n) is 6.28. The summed E-state index contributed by atoms with van der Waals surface area (Å²) in [5, 5.41) is 3.58. The van der Waals surface area contributed by atoms with Gasteiger partial charge in [0.25, 0.3) is 0 Å². The second-order valence-corrected chi connectivity index (χ2v) is 7.60. The molecule has 4 heteroatoms. The summed E-state index contributed by atoms with van der Waals surface area (Å²) in [4.78, 5) is 2.76. The molecule has 0 radical (unpaired) electrons. The van der Waals surface area contributed by atoms with Crippen LogP contribution in [0.1, 0.15) is 33.8 Å². The smallest absolute Gasteiger partial charge is 0.0682 e. The summed E-state index contributed by atoms with van der Waals surface area (Å²) in [5.74, 6) is 0.